The quantitative estimate of drug-likeness (QED) is 0.0631. The second-order valence-electron chi connectivity index (χ2n) is 11.8. The van der Waals surface area contributed by atoms with Gasteiger partial charge in [-0.3, -0.25) is 9.59 Å². The van der Waals surface area contributed by atoms with Crippen molar-refractivity contribution in [1.82, 2.24) is 15.3 Å². The van der Waals surface area contributed by atoms with Gasteiger partial charge in [-0.25, -0.2) is 9.97 Å². The third-order valence-corrected chi connectivity index (χ3v) is 7.33. The van der Waals surface area contributed by atoms with Gasteiger partial charge in [-0.15, -0.1) is 0 Å². The number of carbonyl (C=O) groups is 2. The number of amides is 1. The minimum Gasteiger partial charge on any atom is -0.382 e. The van der Waals surface area contributed by atoms with Gasteiger partial charge in [0.15, 0.2) is 28.8 Å². The fraction of sp³-hybridized carbons (Fsp3) is 0.838. The van der Waals surface area contributed by atoms with Crippen molar-refractivity contribution in [3.05, 3.63) is 11.4 Å². The van der Waals surface area contributed by atoms with Crippen molar-refractivity contribution in [3.63, 3.8) is 0 Å². The predicted molar refractivity (Wildman–Crippen MR) is 208 cm³/mol. The van der Waals surface area contributed by atoms with E-state index < -0.39 is 5.91 Å². The monoisotopic (exact) mass is 807 g/mol. The van der Waals surface area contributed by atoms with Crippen molar-refractivity contribution in [1.29, 1.82) is 0 Å². The summed E-state index contributed by atoms with van der Waals surface area (Å²) >= 11 is 0. The Morgan fingerprint density at radius 2 is 0.750 bits per heavy atom. The van der Waals surface area contributed by atoms with Crippen molar-refractivity contribution >= 4 is 23.3 Å². The van der Waals surface area contributed by atoms with E-state index in [0.717, 1.165) is 0 Å². The Morgan fingerprint density at radius 1 is 0.411 bits per heavy atom. The molecule has 1 amide bonds. The minimum atomic E-state index is -0.462. The third-order valence-electron chi connectivity index (χ3n) is 7.33. The molecule has 0 saturated heterocycles. The van der Waals surface area contributed by atoms with Gasteiger partial charge < -0.3 is 72.8 Å². The molecule has 1 aromatic heterocycles. The number of ketones is 1. The Hall–Kier alpha value is -2.66. The predicted octanol–water partition coefficient (Wildman–Crippen LogP) is 1.49. The van der Waals surface area contributed by atoms with Gasteiger partial charge in [0.2, 0.25) is 0 Å². The number of Topliss-reactive ketones (excluding diaryl/α,β-unsaturated/α-hetero) is 1. The number of hydrogen-bond donors (Lipinski definition) is 3. The fourth-order valence-electron chi connectivity index (χ4n) is 4.43. The smallest absolute Gasteiger partial charge is 0.273 e. The number of anilines is 2. The summed E-state index contributed by atoms with van der Waals surface area (Å²) in [7, 11) is 6.45. The van der Waals surface area contributed by atoms with E-state index in [1.165, 1.54) is 0 Å². The van der Waals surface area contributed by atoms with Crippen molar-refractivity contribution in [2.45, 2.75) is 25.7 Å². The lowest BCUT2D eigenvalue weighted by atomic mass is 10.1. The van der Waals surface area contributed by atoms with E-state index in [1.54, 1.807) is 28.4 Å². The maximum atomic E-state index is 13.5. The first-order valence-electron chi connectivity index (χ1n) is 19.4. The third kappa shape index (κ3) is 28.7. The van der Waals surface area contributed by atoms with Gasteiger partial charge in [0.05, 0.1) is 112 Å². The highest BCUT2D eigenvalue weighted by molar-refractivity contribution is 6.02. The molecule has 3 N–H and O–H groups in total. The summed E-state index contributed by atoms with van der Waals surface area (Å²) in [6, 6.07) is 0. The second kappa shape index (κ2) is 39.2. The zero-order valence-electron chi connectivity index (χ0n) is 34.2. The van der Waals surface area contributed by atoms with Gasteiger partial charge in [0.1, 0.15) is 0 Å². The number of ether oxygens (including phenoxy) is 12. The Labute approximate surface area is 332 Å². The van der Waals surface area contributed by atoms with Crippen molar-refractivity contribution in [2.75, 3.05) is 191 Å². The van der Waals surface area contributed by atoms with E-state index in [4.69, 9.17) is 56.8 Å². The van der Waals surface area contributed by atoms with Crippen LogP contribution in [0.15, 0.2) is 0 Å². The number of hydrogen-bond acceptors (Lipinski definition) is 18. The first-order chi connectivity index (χ1) is 27.6. The Kier molecular flexibility index (Phi) is 35.9. The number of nitrogens with zero attached hydrogens (tertiary/aromatic N) is 2. The molecule has 0 aliphatic heterocycles. The summed E-state index contributed by atoms with van der Waals surface area (Å²) in [5, 5.41) is 9.23. The van der Waals surface area contributed by atoms with Crippen molar-refractivity contribution in [3.8, 4) is 0 Å². The van der Waals surface area contributed by atoms with Crippen LogP contribution in [0.2, 0.25) is 0 Å². The number of aromatic nitrogens is 2. The molecule has 1 heterocycles. The van der Waals surface area contributed by atoms with Crippen LogP contribution in [-0.4, -0.2) is 202 Å². The summed E-state index contributed by atoms with van der Waals surface area (Å²) in [5.41, 5.74) is 0.177. The molecular formula is C37H69N5O14. The lowest BCUT2D eigenvalue weighted by Gasteiger charge is -2.16. The standard InChI is InChI=1S/C37H69N5O14/c1-45-16-20-49-12-5-8-32(43)33-35(38-9-6-13-50-24-26-55-30-28-53-22-18-47-3)42-34(37(44)40-11-15-52-21-17-46-2)36(41-33)39-10-7-14-51-25-27-56-31-29-54-23-19-48-4/h5-31H2,1-4H3,(H,38,42)(H,39,41)(H,40,44). The van der Waals surface area contributed by atoms with Crippen LogP contribution in [0.3, 0.4) is 0 Å². The molecule has 0 saturated carbocycles. The maximum absolute atomic E-state index is 13.5. The summed E-state index contributed by atoms with van der Waals surface area (Å²) in [6.45, 7) is 10.2. The van der Waals surface area contributed by atoms with Crippen LogP contribution in [0.4, 0.5) is 11.6 Å². The number of methoxy groups -OCH3 is 4. The minimum absolute atomic E-state index is 0.0467. The van der Waals surface area contributed by atoms with E-state index >= 15 is 0 Å². The molecule has 0 aromatic carbocycles. The molecule has 19 heteroatoms. The maximum Gasteiger partial charge on any atom is 0.273 e. The first-order valence-corrected chi connectivity index (χ1v) is 19.4. The first kappa shape index (κ1) is 51.4. The number of carbonyl (C=O) groups excluding carboxylic acids is 2. The van der Waals surface area contributed by atoms with Crippen LogP contribution in [0.5, 0.6) is 0 Å². The highest BCUT2D eigenvalue weighted by Crippen LogP contribution is 2.21. The van der Waals surface area contributed by atoms with Crippen LogP contribution in [0, 0.1) is 0 Å². The summed E-state index contributed by atoms with van der Waals surface area (Å²) < 4.78 is 64.1. The largest absolute Gasteiger partial charge is 0.382 e. The van der Waals surface area contributed by atoms with E-state index in [1.807, 2.05) is 0 Å². The van der Waals surface area contributed by atoms with E-state index in [9.17, 15) is 9.59 Å². The molecule has 0 aliphatic carbocycles. The molecule has 19 nitrogen and oxygen atoms in total. The molecule has 1 aromatic rings. The summed E-state index contributed by atoms with van der Waals surface area (Å²) in [4.78, 5) is 36.3. The molecule has 56 heavy (non-hydrogen) atoms. The normalized spacial score (nSPS) is 11.3. The summed E-state index contributed by atoms with van der Waals surface area (Å²) in [5.74, 6) is -0.288. The lowest BCUT2D eigenvalue weighted by Crippen LogP contribution is -2.30. The van der Waals surface area contributed by atoms with Crippen molar-refractivity contribution < 1.29 is 66.4 Å². The van der Waals surface area contributed by atoms with Crippen LogP contribution in [0.1, 0.15) is 46.7 Å². The zero-order chi connectivity index (χ0) is 40.6. The summed E-state index contributed by atoms with van der Waals surface area (Å²) in [6.07, 6.45) is 1.87. The topological polar surface area (TPSA) is 207 Å². The average Bonchev–Trinajstić information content (AvgIpc) is 3.20. The molecule has 0 unspecified atom stereocenters. The van der Waals surface area contributed by atoms with Gasteiger partial charge in [-0.05, 0) is 19.3 Å². The SMILES string of the molecule is COCCOCCCC(=O)c1nc(NCCCOCCOCCOCCOC)c(C(=O)NCCOCCOC)nc1NCCCOCCOCCOCCOC. The fourth-order valence-corrected chi connectivity index (χ4v) is 4.43. The van der Waals surface area contributed by atoms with Crippen LogP contribution in [0.25, 0.3) is 0 Å². The molecule has 0 atom stereocenters. The van der Waals surface area contributed by atoms with E-state index in [-0.39, 0.29) is 48.4 Å². The molecule has 0 fully saturated rings. The Morgan fingerprint density at radius 3 is 1.18 bits per heavy atom. The van der Waals surface area contributed by atoms with E-state index in [0.29, 0.717) is 158 Å². The van der Waals surface area contributed by atoms with E-state index in [2.05, 4.69) is 25.9 Å². The van der Waals surface area contributed by atoms with Gasteiger partial charge in [-0.1, -0.05) is 0 Å². The average molecular weight is 808 g/mol. The Bertz CT molecular complexity index is 997. The zero-order valence-corrected chi connectivity index (χ0v) is 34.2. The van der Waals surface area contributed by atoms with Gasteiger partial charge in [-0.2, -0.15) is 0 Å². The molecule has 0 bridgehead atoms. The number of rotatable bonds is 43. The molecule has 0 radical (unpaired) electrons. The Balaban J connectivity index is 2.85. The molecule has 0 aliphatic rings. The highest BCUT2D eigenvalue weighted by atomic mass is 16.6. The van der Waals surface area contributed by atoms with Gasteiger partial charge >= 0.3 is 0 Å². The second-order valence-corrected chi connectivity index (χ2v) is 11.8. The molecule has 1 rings (SSSR count). The van der Waals surface area contributed by atoms with Crippen LogP contribution >= 0.6 is 0 Å². The molecule has 326 valence electrons. The van der Waals surface area contributed by atoms with Crippen LogP contribution in [-0.2, 0) is 56.8 Å². The highest BCUT2D eigenvalue weighted by Gasteiger charge is 2.23. The molecule has 0 spiro atoms. The van der Waals surface area contributed by atoms with Gasteiger partial charge in [0.25, 0.3) is 5.91 Å². The van der Waals surface area contributed by atoms with Crippen LogP contribution < -0.4 is 16.0 Å². The van der Waals surface area contributed by atoms with Crippen molar-refractivity contribution in [2.24, 2.45) is 0 Å². The lowest BCUT2D eigenvalue weighted by molar-refractivity contribution is 0.00367. The molecular weight excluding hydrogens is 738 g/mol. The number of nitrogens with one attached hydrogen (secondary N) is 3. The van der Waals surface area contributed by atoms with Gasteiger partial charge in [0, 0.05) is 74.3 Å².